The molecule has 4 nitrogen and oxygen atoms in total. The van der Waals surface area contributed by atoms with Crippen LogP contribution in [0.1, 0.15) is 10.4 Å². The number of carbonyl (C=O) groups is 1. The molecule has 4 aromatic rings. The van der Waals surface area contributed by atoms with Crippen LogP contribution in [-0.2, 0) is 11.8 Å². The standard InChI is InChI=1S/C22H15FNO3/c1-24-17-8-6-12(22(25)26-2)10-15(17)14-4-3-5-19-20(14)21(24)16-11-13(23)7-9-18(16)27-19/h3-11H,1-2H3/q+1. The Labute approximate surface area is 154 Å². The van der Waals surface area contributed by atoms with Crippen molar-refractivity contribution in [2.24, 2.45) is 7.05 Å². The summed E-state index contributed by atoms with van der Waals surface area (Å²) in [6, 6.07) is 15.8. The van der Waals surface area contributed by atoms with Gasteiger partial charge in [-0.25, -0.2) is 9.18 Å². The van der Waals surface area contributed by atoms with Gasteiger partial charge in [-0.3, -0.25) is 0 Å². The fourth-order valence-corrected chi connectivity index (χ4v) is 3.87. The van der Waals surface area contributed by atoms with Gasteiger partial charge in [-0.1, -0.05) is 12.1 Å². The smallest absolute Gasteiger partial charge is 0.337 e. The zero-order valence-electron chi connectivity index (χ0n) is 14.7. The van der Waals surface area contributed by atoms with Crippen LogP contribution in [0.2, 0.25) is 0 Å². The monoisotopic (exact) mass is 360 g/mol. The molecule has 0 saturated carbocycles. The first kappa shape index (κ1) is 15.8. The number of aromatic nitrogens is 1. The van der Waals surface area contributed by atoms with E-state index in [2.05, 4.69) is 0 Å². The molecule has 0 bridgehead atoms. The highest BCUT2D eigenvalue weighted by molar-refractivity contribution is 6.13. The largest absolute Gasteiger partial charge is 0.465 e. The number of halogens is 1. The molecule has 5 rings (SSSR count). The van der Waals surface area contributed by atoms with Gasteiger partial charge in [-0.2, -0.15) is 4.57 Å². The van der Waals surface area contributed by atoms with Crippen molar-refractivity contribution in [1.82, 2.24) is 0 Å². The van der Waals surface area contributed by atoms with Gasteiger partial charge >= 0.3 is 5.97 Å². The Morgan fingerprint density at radius 1 is 1.04 bits per heavy atom. The molecule has 0 aliphatic carbocycles. The lowest BCUT2D eigenvalue weighted by Crippen LogP contribution is -2.33. The fraction of sp³-hybridized carbons (Fsp3) is 0.0909. The van der Waals surface area contributed by atoms with Gasteiger partial charge in [0.2, 0.25) is 11.2 Å². The van der Waals surface area contributed by atoms with Gasteiger partial charge in [-0.15, -0.1) is 0 Å². The number of hydrogen-bond donors (Lipinski definition) is 0. The van der Waals surface area contributed by atoms with Crippen LogP contribution in [0.3, 0.4) is 0 Å². The highest BCUT2D eigenvalue weighted by Crippen LogP contribution is 2.46. The molecule has 1 aliphatic heterocycles. The minimum atomic E-state index is -0.385. The van der Waals surface area contributed by atoms with Gasteiger partial charge in [0.05, 0.1) is 29.0 Å². The fourth-order valence-electron chi connectivity index (χ4n) is 3.87. The Hall–Kier alpha value is -3.47. The van der Waals surface area contributed by atoms with Gasteiger partial charge < -0.3 is 9.47 Å². The van der Waals surface area contributed by atoms with Crippen LogP contribution in [0.5, 0.6) is 11.5 Å². The molecule has 0 N–H and O–H groups in total. The van der Waals surface area contributed by atoms with Gasteiger partial charge in [0.25, 0.3) is 0 Å². The number of fused-ring (bicyclic) bond motifs is 4. The molecular formula is C22H15FNO3+. The Bertz CT molecular complexity index is 1280. The first-order valence-electron chi connectivity index (χ1n) is 8.53. The van der Waals surface area contributed by atoms with E-state index in [0.29, 0.717) is 22.6 Å². The van der Waals surface area contributed by atoms with Crippen molar-refractivity contribution in [3.63, 3.8) is 0 Å². The van der Waals surface area contributed by atoms with E-state index in [1.165, 1.54) is 19.2 Å². The van der Waals surface area contributed by atoms with Crippen molar-refractivity contribution in [1.29, 1.82) is 0 Å². The molecule has 0 amide bonds. The Balaban J connectivity index is 1.97. The number of carbonyl (C=O) groups excluding carboxylic acids is 1. The lowest BCUT2D eigenvalue weighted by Gasteiger charge is -2.20. The molecule has 0 saturated heterocycles. The Morgan fingerprint density at radius 3 is 2.70 bits per heavy atom. The lowest BCUT2D eigenvalue weighted by atomic mass is 9.95. The van der Waals surface area contributed by atoms with E-state index < -0.39 is 0 Å². The second-order valence-corrected chi connectivity index (χ2v) is 6.55. The predicted molar refractivity (Wildman–Crippen MR) is 99.4 cm³/mol. The first-order valence-corrected chi connectivity index (χ1v) is 8.53. The molecular weight excluding hydrogens is 345 g/mol. The number of rotatable bonds is 1. The molecule has 3 aromatic carbocycles. The normalized spacial score (nSPS) is 12.0. The second-order valence-electron chi connectivity index (χ2n) is 6.55. The summed E-state index contributed by atoms with van der Waals surface area (Å²) in [4.78, 5) is 12.0. The number of hydrogen-bond acceptors (Lipinski definition) is 3. The zero-order chi connectivity index (χ0) is 18.7. The molecule has 0 unspecified atom stereocenters. The highest BCUT2D eigenvalue weighted by Gasteiger charge is 2.30. The molecule has 5 heteroatoms. The molecule has 0 atom stereocenters. The summed E-state index contributed by atoms with van der Waals surface area (Å²) in [6.45, 7) is 0. The predicted octanol–water partition coefficient (Wildman–Crippen LogP) is 4.52. The van der Waals surface area contributed by atoms with E-state index in [9.17, 15) is 9.18 Å². The van der Waals surface area contributed by atoms with E-state index >= 15 is 0 Å². The van der Waals surface area contributed by atoms with Gasteiger partial charge in [0.1, 0.15) is 24.4 Å². The molecule has 27 heavy (non-hydrogen) atoms. The van der Waals surface area contributed by atoms with E-state index in [4.69, 9.17) is 9.47 Å². The molecule has 1 aromatic heterocycles. The quantitative estimate of drug-likeness (QED) is 0.251. The van der Waals surface area contributed by atoms with Crippen molar-refractivity contribution >= 4 is 27.6 Å². The molecule has 132 valence electrons. The summed E-state index contributed by atoms with van der Waals surface area (Å²) >= 11 is 0. The maximum atomic E-state index is 14.0. The zero-order valence-corrected chi connectivity index (χ0v) is 14.7. The summed E-state index contributed by atoms with van der Waals surface area (Å²) in [6.07, 6.45) is 0. The third kappa shape index (κ3) is 2.15. The Morgan fingerprint density at radius 2 is 1.89 bits per heavy atom. The van der Waals surface area contributed by atoms with E-state index in [1.54, 1.807) is 12.1 Å². The lowest BCUT2D eigenvalue weighted by molar-refractivity contribution is -0.632. The highest BCUT2D eigenvalue weighted by atomic mass is 19.1. The second kappa shape index (κ2) is 5.51. The molecule has 2 heterocycles. The SMILES string of the molecule is COC(=O)c1ccc2c(c1)c1cccc3c1c([n+]2C)-c1cc(F)ccc1O3. The van der Waals surface area contributed by atoms with Crippen LogP contribution in [0, 0.1) is 5.82 Å². The van der Waals surface area contributed by atoms with Gasteiger partial charge in [-0.05, 0) is 36.4 Å². The van der Waals surface area contributed by atoms with Gasteiger partial charge in [0.15, 0.2) is 0 Å². The van der Waals surface area contributed by atoms with E-state index in [0.717, 1.165) is 27.4 Å². The summed E-state index contributed by atoms with van der Waals surface area (Å²) < 4.78 is 26.9. The number of aryl methyl sites for hydroxylation is 1. The number of methoxy groups -OCH3 is 1. The molecule has 0 spiro atoms. The van der Waals surface area contributed by atoms with Crippen LogP contribution in [0.25, 0.3) is 32.9 Å². The van der Waals surface area contributed by atoms with Crippen LogP contribution in [0.15, 0.2) is 54.6 Å². The minimum Gasteiger partial charge on any atom is -0.465 e. The molecule has 1 aliphatic rings. The number of benzene rings is 3. The number of esters is 1. The molecule has 0 fully saturated rings. The van der Waals surface area contributed by atoms with E-state index in [1.807, 2.05) is 41.9 Å². The summed E-state index contributed by atoms with van der Waals surface area (Å²) in [5.41, 5.74) is 3.01. The number of ether oxygens (including phenoxy) is 2. The minimum absolute atomic E-state index is 0.314. The van der Waals surface area contributed by atoms with Crippen molar-refractivity contribution in [3.8, 4) is 22.8 Å². The Kier molecular flexibility index (Phi) is 3.22. The topological polar surface area (TPSA) is 39.4 Å². The maximum Gasteiger partial charge on any atom is 0.337 e. The van der Waals surface area contributed by atoms with Crippen LogP contribution >= 0.6 is 0 Å². The average Bonchev–Trinajstić information content (AvgIpc) is 2.69. The first-order chi connectivity index (χ1) is 13.1. The van der Waals surface area contributed by atoms with Crippen LogP contribution in [-0.4, -0.2) is 13.1 Å². The van der Waals surface area contributed by atoms with Crippen LogP contribution < -0.4 is 9.30 Å². The average molecular weight is 360 g/mol. The summed E-state index contributed by atoms with van der Waals surface area (Å²) in [5.74, 6) is 0.634. The van der Waals surface area contributed by atoms with E-state index in [-0.39, 0.29) is 11.8 Å². The van der Waals surface area contributed by atoms with Crippen molar-refractivity contribution < 1.29 is 23.2 Å². The van der Waals surface area contributed by atoms with Crippen LogP contribution in [0.4, 0.5) is 4.39 Å². The van der Waals surface area contributed by atoms with Crippen molar-refractivity contribution in [2.75, 3.05) is 7.11 Å². The summed E-state index contributed by atoms with van der Waals surface area (Å²) in [5, 5.41) is 2.74. The third-order valence-corrected chi connectivity index (χ3v) is 5.08. The summed E-state index contributed by atoms with van der Waals surface area (Å²) in [7, 11) is 3.30. The van der Waals surface area contributed by atoms with Crippen molar-refractivity contribution in [3.05, 3.63) is 66.0 Å². The van der Waals surface area contributed by atoms with Gasteiger partial charge in [0, 0.05) is 11.5 Å². The number of nitrogens with zero attached hydrogens (tertiary/aromatic N) is 1. The van der Waals surface area contributed by atoms with Crippen molar-refractivity contribution in [2.45, 2.75) is 0 Å². The molecule has 0 radical (unpaired) electrons. The number of pyridine rings is 1. The maximum absolute atomic E-state index is 14.0. The third-order valence-electron chi connectivity index (χ3n) is 5.08.